The lowest BCUT2D eigenvalue weighted by Crippen LogP contribution is -2.44. The van der Waals surface area contributed by atoms with Crippen LogP contribution in [-0.2, 0) is 0 Å². The standard InChI is InChI=1S/C19H25N3O3/c1-14-5-6-17(15(2)12-14)18(16-4-3-7-20-13-16)21-19(25)22(8-10-23)9-11-24/h3-7,12-13,18,23-24H,8-11H2,1-2H3,(H,21,25)/t18-/m0/s1. The van der Waals surface area contributed by atoms with Crippen molar-refractivity contribution in [2.75, 3.05) is 26.3 Å². The quantitative estimate of drug-likeness (QED) is 0.715. The SMILES string of the molecule is Cc1ccc([C@@H](NC(=O)N(CCO)CCO)c2cccnc2)c(C)c1. The molecule has 0 unspecified atom stereocenters. The zero-order valence-corrected chi connectivity index (χ0v) is 14.6. The Kier molecular flexibility index (Phi) is 6.91. The number of benzene rings is 1. The maximum Gasteiger partial charge on any atom is 0.318 e. The van der Waals surface area contributed by atoms with Gasteiger partial charge in [0, 0.05) is 25.5 Å². The molecule has 6 heteroatoms. The molecule has 0 aliphatic heterocycles. The maximum atomic E-state index is 12.6. The molecule has 0 spiro atoms. The van der Waals surface area contributed by atoms with Gasteiger partial charge in [-0.05, 0) is 36.6 Å². The van der Waals surface area contributed by atoms with Gasteiger partial charge < -0.3 is 20.4 Å². The van der Waals surface area contributed by atoms with Gasteiger partial charge >= 0.3 is 6.03 Å². The van der Waals surface area contributed by atoms with Crippen LogP contribution in [0.5, 0.6) is 0 Å². The van der Waals surface area contributed by atoms with Crippen molar-refractivity contribution in [2.45, 2.75) is 19.9 Å². The number of pyridine rings is 1. The number of carbonyl (C=O) groups is 1. The van der Waals surface area contributed by atoms with Crippen molar-refractivity contribution in [3.8, 4) is 0 Å². The summed E-state index contributed by atoms with van der Waals surface area (Å²) in [5, 5.41) is 21.3. The molecule has 0 aliphatic carbocycles. The van der Waals surface area contributed by atoms with E-state index in [1.807, 2.05) is 38.1 Å². The molecule has 0 saturated heterocycles. The minimum absolute atomic E-state index is 0.158. The zero-order chi connectivity index (χ0) is 18.2. The normalized spacial score (nSPS) is 11.8. The smallest absolute Gasteiger partial charge is 0.318 e. The van der Waals surface area contributed by atoms with E-state index < -0.39 is 0 Å². The first-order valence-corrected chi connectivity index (χ1v) is 8.31. The van der Waals surface area contributed by atoms with Gasteiger partial charge in [0.1, 0.15) is 0 Å². The van der Waals surface area contributed by atoms with Crippen LogP contribution in [0, 0.1) is 13.8 Å². The summed E-state index contributed by atoms with van der Waals surface area (Å²) < 4.78 is 0. The van der Waals surface area contributed by atoms with Gasteiger partial charge in [0.2, 0.25) is 0 Å². The summed E-state index contributed by atoms with van der Waals surface area (Å²) in [6.07, 6.45) is 3.42. The summed E-state index contributed by atoms with van der Waals surface area (Å²) in [5.74, 6) is 0. The molecule has 2 amide bonds. The van der Waals surface area contributed by atoms with Gasteiger partial charge in [0.25, 0.3) is 0 Å². The van der Waals surface area contributed by atoms with Gasteiger partial charge in [-0.3, -0.25) is 4.98 Å². The predicted octanol–water partition coefficient (Wildman–Crippen LogP) is 1.78. The molecule has 0 radical (unpaired) electrons. The van der Waals surface area contributed by atoms with Gasteiger partial charge in [-0.2, -0.15) is 0 Å². The Labute approximate surface area is 148 Å². The second-order valence-electron chi connectivity index (χ2n) is 5.96. The molecule has 0 fully saturated rings. The minimum Gasteiger partial charge on any atom is -0.395 e. The van der Waals surface area contributed by atoms with E-state index in [1.54, 1.807) is 12.4 Å². The van der Waals surface area contributed by atoms with E-state index in [2.05, 4.69) is 16.4 Å². The third-order valence-electron chi connectivity index (χ3n) is 4.05. The number of hydrogen-bond acceptors (Lipinski definition) is 4. The number of nitrogens with zero attached hydrogens (tertiary/aromatic N) is 2. The Morgan fingerprint density at radius 3 is 2.48 bits per heavy atom. The van der Waals surface area contributed by atoms with E-state index in [-0.39, 0.29) is 38.4 Å². The fraction of sp³-hybridized carbons (Fsp3) is 0.368. The molecule has 2 aromatic rings. The van der Waals surface area contributed by atoms with Crippen LogP contribution in [0.2, 0.25) is 0 Å². The van der Waals surface area contributed by atoms with E-state index in [4.69, 9.17) is 10.2 Å². The first kappa shape index (κ1) is 18.9. The minimum atomic E-state index is -0.360. The number of urea groups is 1. The highest BCUT2D eigenvalue weighted by Gasteiger charge is 2.22. The molecule has 25 heavy (non-hydrogen) atoms. The van der Waals surface area contributed by atoms with Crippen molar-refractivity contribution in [1.82, 2.24) is 15.2 Å². The highest BCUT2D eigenvalue weighted by atomic mass is 16.3. The van der Waals surface area contributed by atoms with Crippen molar-refractivity contribution in [3.63, 3.8) is 0 Å². The Hall–Kier alpha value is -2.44. The summed E-state index contributed by atoms with van der Waals surface area (Å²) in [5.41, 5.74) is 4.08. The lowest BCUT2D eigenvalue weighted by molar-refractivity contribution is 0.156. The van der Waals surface area contributed by atoms with E-state index in [1.165, 1.54) is 4.90 Å². The fourth-order valence-electron chi connectivity index (χ4n) is 2.81. The third-order valence-corrected chi connectivity index (χ3v) is 4.05. The highest BCUT2D eigenvalue weighted by molar-refractivity contribution is 5.75. The van der Waals surface area contributed by atoms with E-state index in [0.717, 1.165) is 22.3 Å². The molecule has 134 valence electrons. The molecule has 1 atom stereocenters. The van der Waals surface area contributed by atoms with Crippen LogP contribution in [0.25, 0.3) is 0 Å². The predicted molar refractivity (Wildman–Crippen MR) is 96.3 cm³/mol. The molecular formula is C19H25N3O3. The zero-order valence-electron chi connectivity index (χ0n) is 14.6. The van der Waals surface area contributed by atoms with Crippen LogP contribution in [0.3, 0.4) is 0 Å². The lowest BCUT2D eigenvalue weighted by atomic mass is 9.95. The summed E-state index contributed by atoms with van der Waals surface area (Å²) >= 11 is 0. The number of aliphatic hydroxyl groups is 2. The number of nitrogens with one attached hydrogen (secondary N) is 1. The average Bonchev–Trinajstić information content (AvgIpc) is 2.60. The van der Waals surface area contributed by atoms with Crippen LogP contribution >= 0.6 is 0 Å². The van der Waals surface area contributed by atoms with Crippen LogP contribution in [0.15, 0.2) is 42.7 Å². The first-order valence-electron chi connectivity index (χ1n) is 8.31. The van der Waals surface area contributed by atoms with Gasteiger partial charge in [-0.1, -0.05) is 29.8 Å². The second-order valence-corrected chi connectivity index (χ2v) is 5.96. The van der Waals surface area contributed by atoms with Crippen LogP contribution < -0.4 is 5.32 Å². The third kappa shape index (κ3) is 5.01. The van der Waals surface area contributed by atoms with Crippen molar-refractivity contribution in [3.05, 3.63) is 65.0 Å². The number of aryl methyl sites for hydroxylation is 2. The largest absolute Gasteiger partial charge is 0.395 e. The van der Waals surface area contributed by atoms with Gasteiger partial charge in [0.15, 0.2) is 0 Å². The maximum absolute atomic E-state index is 12.6. The van der Waals surface area contributed by atoms with E-state index in [0.29, 0.717) is 0 Å². The molecule has 0 bridgehead atoms. The Balaban J connectivity index is 2.34. The fourth-order valence-corrected chi connectivity index (χ4v) is 2.81. The molecule has 1 aromatic heterocycles. The molecule has 6 nitrogen and oxygen atoms in total. The molecule has 0 aliphatic rings. The van der Waals surface area contributed by atoms with E-state index >= 15 is 0 Å². The number of aliphatic hydroxyl groups excluding tert-OH is 2. The number of amides is 2. The number of rotatable bonds is 7. The molecular weight excluding hydrogens is 318 g/mol. The van der Waals surface area contributed by atoms with Crippen molar-refractivity contribution < 1.29 is 15.0 Å². The number of carbonyl (C=O) groups excluding carboxylic acids is 1. The van der Waals surface area contributed by atoms with Crippen molar-refractivity contribution in [1.29, 1.82) is 0 Å². The Bertz CT molecular complexity index is 686. The number of hydrogen-bond donors (Lipinski definition) is 3. The van der Waals surface area contributed by atoms with Crippen LogP contribution in [0.4, 0.5) is 4.79 Å². The molecule has 1 aromatic carbocycles. The summed E-state index contributed by atoms with van der Waals surface area (Å²) in [6.45, 7) is 4.05. The Morgan fingerprint density at radius 2 is 1.92 bits per heavy atom. The van der Waals surface area contributed by atoms with Crippen LogP contribution in [0.1, 0.15) is 28.3 Å². The number of aromatic nitrogens is 1. The van der Waals surface area contributed by atoms with Crippen molar-refractivity contribution >= 4 is 6.03 Å². The molecule has 3 N–H and O–H groups in total. The van der Waals surface area contributed by atoms with Gasteiger partial charge in [-0.15, -0.1) is 0 Å². The average molecular weight is 343 g/mol. The second kappa shape index (κ2) is 9.15. The molecule has 1 heterocycles. The van der Waals surface area contributed by atoms with Gasteiger partial charge in [0.05, 0.1) is 19.3 Å². The highest BCUT2D eigenvalue weighted by Crippen LogP contribution is 2.25. The van der Waals surface area contributed by atoms with Gasteiger partial charge in [-0.25, -0.2) is 4.79 Å². The lowest BCUT2D eigenvalue weighted by Gasteiger charge is -2.27. The molecule has 0 saturated carbocycles. The summed E-state index contributed by atoms with van der Waals surface area (Å²) in [6, 6.07) is 9.14. The topological polar surface area (TPSA) is 85.7 Å². The van der Waals surface area contributed by atoms with E-state index in [9.17, 15) is 4.79 Å². The van der Waals surface area contributed by atoms with Crippen molar-refractivity contribution in [2.24, 2.45) is 0 Å². The first-order chi connectivity index (χ1) is 12.1. The molecule has 2 rings (SSSR count). The monoisotopic (exact) mass is 343 g/mol. The van der Waals surface area contributed by atoms with Crippen LogP contribution in [-0.4, -0.2) is 52.4 Å². The summed E-state index contributed by atoms with van der Waals surface area (Å²) in [7, 11) is 0. The summed E-state index contributed by atoms with van der Waals surface area (Å²) in [4.78, 5) is 18.2. The Morgan fingerprint density at radius 1 is 1.20 bits per heavy atom.